The number of hydrogen-bond acceptors (Lipinski definition) is 3. The average molecular weight is 278 g/mol. The van der Waals surface area contributed by atoms with Crippen molar-refractivity contribution in [1.29, 1.82) is 0 Å². The van der Waals surface area contributed by atoms with Crippen LogP contribution in [0.3, 0.4) is 0 Å². The minimum absolute atomic E-state index is 0.506. The second-order valence-electron chi connectivity index (χ2n) is 3.98. The number of pyridine rings is 1. The Morgan fingerprint density at radius 2 is 2.05 bits per heavy atom. The van der Waals surface area contributed by atoms with Gasteiger partial charge in [-0.2, -0.15) is 0 Å². The van der Waals surface area contributed by atoms with Gasteiger partial charge < -0.3 is 5.32 Å². The third kappa shape index (κ3) is 3.42. The predicted molar refractivity (Wildman–Crippen MR) is 74.2 cm³/mol. The Morgan fingerprint density at radius 1 is 1.32 bits per heavy atom. The molecule has 19 heavy (non-hydrogen) atoms. The molecule has 3 amide bonds. The molecule has 1 atom stereocenters. The fraction of sp³-hybridized carbons (Fsp3) is 0.154. The van der Waals surface area contributed by atoms with Crippen molar-refractivity contribution < 1.29 is 9.59 Å². The van der Waals surface area contributed by atoms with E-state index in [0.29, 0.717) is 5.69 Å². The van der Waals surface area contributed by atoms with Gasteiger partial charge in [0.25, 0.3) is 0 Å². The standard InChI is InChI=1S/C13H12ClN3O2/c1-8(14)12(18)17-13(19)16-10-6-9-4-2-3-5-11(9)15-7-10/h2-8H,1H3,(H2,16,17,18,19). The smallest absolute Gasteiger partial charge is 0.306 e. The lowest BCUT2D eigenvalue weighted by atomic mass is 10.2. The summed E-state index contributed by atoms with van der Waals surface area (Å²) in [6.07, 6.45) is 1.52. The molecule has 0 saturated heterocycles. The number of hydrogen-bond donors (Lipinski definition) is 2. The van der Waals surface area contributed by atoms with Crippen LogP contribution in [0.1, 0.15) is 6.92 Å². The molecule has 98 valence electrons. The van der Waals surface area contributed by atoms with Crippen LogP contribution in [0.2, 0.25) is 0 Å². The van der Waals surface area contributed by atoms with E-state index in [9.17, 15) is 9.59 Å². The van der Waals surface area contributed by atoms with E-state index in [1.54, 1.807) is 6.07 Å². The Bertz CT molecular complexity index is 628. The van der Waals surface area contributed by atoms with Crippen molar-refractivity contribution in [2.24, 2.45) is 0 Å². The van der Waals surface area contributed by atoms with E-state index in [2.05, 4.69) is 15.6 Å². The molecule has 1 aromatic heterocycles. The maximum atomic E-state index is 11.5. The van der Waals surface area contributed by atoms with Gasteiger partial charge >= 0.3 is 6.03 Å². The number of para-hydroxylation sites is 1. The lowest BCUT2D eigenvalue weighted by Gasteiger charge is -2.08. The van der Waals surface area contributed by atoms with Crippen LogP contribution in [0.5, 0.6) is 0 Å². The van der Waals surface area contributed by atoms with E-state index in [1.165, 1.54) is 13.1 Å². The largest absolute Gasteiger partial charge is 0.325 e. The monoisotopic (exact) mass is 277 g/mol. The lowest BCUT2D eigenvalue weighted by Crippen LogP contribution is -2.38. The molecule has 6 heteroatoms. The van der Waals surface area contributed by atoms with E-state index < -0.39 is 17.3 Å². The summed E-state index contributed by atoms with van der Waals surface area (Å²) in [7, 11) is 0. The van der Waals surface area contributed by atoms with Crippen molar-refractivity contribution in [3.05, 3.63) is 36.5 Å². The minimum Gasteiger partial charge on any atom is -0.306 e. The number of benzene rings is 1. The molecule has 2 rings (SSSR count). The molecular weight excluding hydrogens is 266 g/mol. The van der Waals surface area contributed by atoms with Gasteiger partial charge in [-0.05, 0) is 19.1 Å². The molecule has 1 aromatic carbocycles. The number of aromatic nitrogens is 1. The molecule has 0 saturated carbocycles. The topological polar surface area (TPSA) is 71.1 Å². The maximum absolute atomic E-state index is 11.5. The van der Waals surface area contributed by atoms with Crippen LogP contribution in [-0.2, 0) is 4.79 Å². The molecule has 0 aliphatic heterocycles. The third-order valence-electron chi connectivity index (χ3n) is 2.45. The molecule has 0 aliphatic rings. The highest BCUT2D eigenvalue weighted by atomic mass is 35.5. The van der Waals surface area contributed by atoms with Gasteiger partial charge in [-0.25, -0.2) is 4.79 Å². The summed E-state index contributed by atoms with van der Waals surface area (Å²) in [6, 6.07) is 8.67. The van der Waals surface area contributed by atoms with Crippen LogP contribution >= 0.6 is 11.6 Å². The van der Waals surface area contributed by atoms with E-state index >= 15 is 0 Å². The van der Waals surface area contributed by atoms with E-state index in [0.717, 1.165) is 10.9 Å². The number of carbonyl (C=O) groups excluding carboxylic acids is 2. The van der Waals surface area contributed by atoms with Gasteiger partial charge in [0.2, 0.25) is 5.91 Å². The Balaban J connectivity index is 2.09. The van der Waals surface area contributed by atoms with Crippen LogP contribution in [-0.4, -0.2) is 22.3 Å². The molecule has 0 spiro atoms. The van der Waals surface area contributed by atoms with Crippen LogP contribution in [0.25, 0.3) is 10.9 Å². The number of rotatable bonds is 2. The number of imide groups is 1. The molecule has 0 aliphatic carbocycles. The molecule has 0 radical (unpaired) electrons. The van der Waals surface area contributed by atoms with Gasteiger partial charge in [0.1, 0.15) is 5.38 Å². The number of nitrogens with zero attached hydrogens (tertiary/aromatic N) is 1. The summed E-state index contributed by atoms with van der Waals surface area (Å²) in [6.45, 7) is 1.49. The summed E-state index contributed by atoms with van der Waals surface area (Å²) in [5.41, 5.74) is 1.34. The minimum atomic E-state index is -0.763. The molecule has 1 heterocycles. The lowest BCUT2D eigenvalue weighted by molar-refractivity contribution is -0.119. The Labute approximate surface area is 115 Å². The van der Waals surface area contributed by atoms with Gasteiger partial charge in [-0.1, -0.05) is 18.2 Å². The fourth-order valence-electron chi connectivity index (χ4n) is 1.51. The van der Waals surface area contributed by atoms with Crippen molar-refractivity contribution in [2.45, 2.75) is 12.3 Å². The van der Waals surface area contributed by atoms with Crippen LogP contribution in [0.4, 0.5) is 10.5 Å². The third-order valence-corrected chi connectivity index (χ3v) is 2.64. The second kappa shape index (κ2) is 5.67. The van der Waals surface area contributed by atoms with Gasteiger partial charge in [-0.3, -0.25) is 15.1 Å². The fourth-order valence-corrected chi connectivity index (χ4v) is 1.57. The predicted octanol–water partition coefficient (Wildman–Crippen LogP) is 2.51. The summed E-state index contributed by atoms with van der Waals surface area (Å²) in [4.78, 5) is 27.0. The molecule has 0 fully saturated rings. The summed E-state index contributed by atoms with van der Waals surface area (Å²) in [5, 5.41) is 4.79. The first kappa shape index (κ1) is 13.3. The molecule has 2 aromatic rings. The van der Waals surface area contributed by atoms with E-state index in [-0.39, 0.29) is 0 Å². The van der Waals surface area contributed by atoms with Crippen molar-refractivity contribution in [2.75, 3.05) is 5.32 Å². The highest BCUT2D eigenvalue weighted by molar-refractivity contribution is 6.31. The first-order chi connectivity index (χ1) is 9.06. The zero-order valence-electron chi connectivity index (χ0n) is 10.2. The van der Waals surface area contributed by atoms with Gasteiger partial charge in [0.15, 0.2) is 0 Å². The Kier molecular flexibility index (Phi) is 3.97. The van der Waals surface area contributed by atoms with Crippen molar-refractivity contribution in [3.8, 4) is 0 Å². The van der Waals surface area contributed by atoms with Gasteiger partial charge in [-0.15, -0.1) is 11.6 Å². The summed E-state index contributed by atoms with van der Waals surface area (Å²) in [5.74, 6) is -0.548. The van der Waals surface area contributed by atoms with Crippen LogP contribution in [0.15, 0.2) is 36.5 Å². The number of halogens is 1. The van der Waals surface area contributed by atoms with E-state index in [1.807, 2.05) is 24.3 Å². The molecule has 2 N–H and O–H groups in total. The number of alkyl halides is 1. The number of fused-ring (bicyclic) bond motifs is 1. The maximum Gasteiger partial charge on any atom is 0.325 e. The quantitative estimate of drug-likeness (QED) is 0.829. The van der Waals surface area contributed by atoms with Crippen molar-refractivity contribution in [3.63, 3.8) is 0 Å². The molecule has 1 unspecified atom stereocenters. The summed E-state index contributed by atoms with van der Waals surface area (Å²) >= 11 is 5.55. The zero-order valence-corrected chi connectivity index (χ0v) is 10.9. The number of nitrogens with one attached hydrogen (secondary N) is 2. The SMILES string of the molecule is CC(Cl)C(=O)NC(=O)Nc1cnc2ccccc2c1. The average Bonchev–Trinajstić information content (AvgIpc) is 2.38. The van der Waals surface area contributed by atoms with Crippen LogP contribution < -0.4 is 10.6 Å². The molecular formula is C13H12ClN3O2. The second-order valence-corrected chi connectivity index (χ2v) is 4.63. The highest BCUT2D eigenvalue weighted by Gasteiger charge is 2.13. The number of amides is 3. The Hall–Kier alpha value is -2.14. The van der Waals surface area contributed by atoms with E-state index in [4.69, 9.17) is 11.6 Å². The number of urea groups is 1. The first-order valence-electron chi connectivity index (χ1n) is 5.67. The van der Waals surface area contributed by atoms with Crippen LogP contribution in [0, 0.1) is 0 Å². The Morgan fingerprint density at radius 3 is 2.79 bits per heavy atom. The van der Waals surface area contributed by atoms with Crippen molar-refractivity contribution >= 4 is 40.1 Å². The van der Waals surface area contributed by atoms with Crippen molar-refractivity contribution in [1.82, 2.24) is 10.3 Å². The number of carbonyl (C=O) groups is 2. The normalized spacial score (nSPS) is 11.9. The number of anilines is 1. The van der Waals surface area contributed by atoms with Gasteiger partial charge in [0, 0.05) is 5.39 Å². The zero-order chi connectivity index (χ0) is 13.8. The highest BCUT2D eigenvalue weighted by Crippen LogP contribution is 2.15. The van der Waals surface area contributed by atoms with Gasteiger partial charge in [0.05, 0.1) is 17.4 Å². The molecule has 5 nitrogen and oxygen atoms in total. The summed E-state index contributed by atoms with van der Waals surface area (Å²) < 4.78 is 0. The molecule has 0 bridgehead atoms. The first-order valence-corrected chi connectivity index (χ1v) is 6.10.